The molecule has 0 spiro atoms. The first kappa shape index (κ1) is 13.9. The molecule has 0 aliphatic heterocycles. The number of hydrogen-bond donors (Lipinski definition) is 1. The highest BCUT2D eigenvalue weighted by molar-refractivity contribution is 7.10. The lowest BCUT2D eigenvalue weighted by Crippen LogP contribution is -1.98. The molecule has 0 radical (unpaired) electrons. The van der Waals surface area contributed by atoms with Crippen LogP contribution in [0.3, 0.4) is 0 Å². The predicted molar refractivity (Wildman–Crippen MR) is 78.0 cm³/mol. The van der Waals surface area contributed by atoms with E-state index in [1.807, 2.05) is 18.2 Å². The average Bonchev–Trinajstić information content (AvgIpc) is 2.99. The van der Waals surface area contributed by atoms with Gasteiger partial charge in [0.15, 0.2) is 0 Å². The van der Waals surface area contributed by atoms with Crippen molar-refractivity contribution in [2.24, 2.45) is 0 Å². The van der Waals surface area contributed by atoms with Crippen molar-refractivity contribution in [1.82, 2.24) is 4.98 Å². The van der Waals surface area contributed by atoms with Crippen LogP contribution in [0, 0.1) is 11.6 Å². The van der Waals surface area contributed by atoms with Crippen molar-refractivity contribution in [1.29, 1.82) is 0 Å². The third kappa shape index (κ3) is 2.84. The van der Waals surface area contributed by atoms with Gasteiger partial charge in [0.05, 0.1) is 5.69 Å². The molecule has 5 heteroatoms. The van der Waals surface area contributed by atoms with Gasteiger partial charge in [-0.3, -0.25) is 0 Å². The van der Waals surface area contributed by atoms with Gasteiger partial charge in [0, 0.05) is 10.9 Å². The number of halogens is 2. The summed E-state index contributed by atoms with van der Waals surface area (Å²) in [6.07, 6.45) is -0.874. The molecule has 0 aliphatic rings. The highest BCUT2D eigenvalue weighted by Gasteiger charge is 2.16. The molecule has 0 amide bonds. The first-order valence-electron chi connectivity index (χ1n) is 6.29. The lowest BCUT2D eigenvalue weighted by atomic mass is 10.1. The van der Waals surface area contributed by atoms with Crippen molar-refractivity contribution in [3.8, 4) is 11.3 Å². The standard InChI is InChI=1S/C16H11F2NOS/c17-11-6-7-13(18)12(8-11)14-9-21-16(19-14)15(20)10-4-2-1-3-5-10/h1-9,15,20H. The fourth-order valence-corrected chi connectivity index (χ4v) is 2.84. The van der Waals surface area contributed by atoms with Gasteiger partial charge in [-0.05, 0) is 23.8 Å². The van der Waals surface area contributed by atoms with Crippen LogP contribution in [-0.2, 0) is 0 Å². The minimum Gasteiger partial charge on any atom is -0.381 e. The molecule has 1 N–H and O–H groups in total. The summed E-state index contributed by atoms with van der Waals surface area (Å²) in [5.74, 6) is -1.06. The molecule has 0 saturated carbocycles. The van der Waals surface area contributed by atoms with Crippen LogP contribution in [0.1, 0.15) is 16.7 Å². The highest BCUT2D eigenvalue weighted by atomic mass is 32.1. The topological polar surface area (TPSA) is 33.1 Å². The molecule has 1 heterocycles. The van der Waals surface area contributed by atoms with E-state index < -0.39 is 17.7 Å². The van der Waals surface area contributed by atoms with E-state index in [2.05, 4.69) is 4.98 Å². The number of rotatable bonds is 3. The Morgan fingerprint density at radius 1 is 1.05 bits per heavy atom. The van der Waals surface area contributed by atoms with Crippen molar-refractivity contribution in [3.05, 3.63) is 76.1 Å². The second-order valence-electron chi connectivity index (χ2n) is 4.51. The van der Waals surface area contributed by atoms with E-state index in [0.717, 1.165) is 18.2 Å². The number of aromatic nitrogens is 1. The van der Waals surface area contributed by atoms with Gasteiger partial charge in [-0.25, -0.2) is 13.8 Å². The van der Waals surface area contributed by atoms with E-state index in [9.17, 15) is 13.9 Å². The van der Waals surface area contributed by atoms with Crippen LogP contribution in [0.2, 0.25) is 0 Å². The molecule has 3 aromatic rings. The quantitative estimate of drug-likeness (QED) is 0.787. The molecule has 2 aromatic carbocycles. The zero-order valence-electron chi connectivity index (χ0n) is 10.8. The second-order valence-corrected chi connectivity index (χ2v) is 5.40. The molecule has 0 fully saturated rings. The number of thiazole rings is 1. The van der Waals surface area contributed by atoms with Gasteiger partial charge in [0.25, 0.3) is 0 Å². The van der Waals surface area contributed by atoms with Gasteiger partial charge in [-0.2, -0.15) is 0 Å². The SMILES string of the molecule is OC(c1ccccc1)c1nc(-c2cc(F)ccc2F)cs1. The summed E-state index contributed by atoms with van der Waals surface area (Å²) in [6, 6.07) is 12.3. The van der Waals surface area contributed by atoms with Crippen LogP contribution in [-0.4, -0.2) is 10.1 Å². The van der Waals surface area contributed by atoms with E-state index in [4.69, 9.17) is 0 Å². The summed E-state index contributed by atoms with van der Waals surface area (Å²) >= 11 is 1.21. The molecule has 1 unspecified atom stereocenters. The first-order valence-corrected chi connectivity index (χ1v) is 7.17. The maximum atomic E-state index is 13.7. The van der Waals surface area contributed by atoms with Crippen LogP contribution >= 0.6 is 11.3 Å². The Bertz CT molecular complexity index is 758. The Morgan fingerprint density at radius 2 is 1.81 bits per heavy atom. The van der Waals surface area contributed by atoms with Crippen LogP contribution in [0.25, 0.3) is 11.3 Å². The second kappa shape index (κ2) is 5.71. The maximum Gasteiger partial charge on any atom is 0.132 e. The Kier molecular flexibility index (Phi) is 3.77. The predicted octanol–water partition coefficient (Wildman–Crippen LogP) is 4.17. The number of aliphatic hydroxyl groups is 1. The van der Waals surface area contributed by atoms with E-state index in [1.165, 1.54) is 11.3 Å². The van der Waals surface area contributed by atoms with Gasteiger partial charge in [0.2, 0.25) is 0 Å². The molecule has 3 rings (SSSR count). The monoisotopic (exact) mass is 303 g/mol. The molecule has 106 valence electrons. The summed E-state index contributed by atoms with van der Waals surface area (Å²) in [4.78, 5) is 4.22. The highest BCUT2D eigenvalue weighted by Crippen LogP contribution is 2.30. The Hall–Kier alpha value is -2.11. The number of nitrogens with zero attached hydrogens (tertiary/aromatic N) is 1. The maximum absolute atomic E-state index is 13.7. The van der Waals surface area contributed by atoms with Crippen molar-refractivity contribution in [3.63, 3.8) is 0 Å². The van der Waals surface area contributed by atoms with Crippen LogP contribution in [0.15, 0.2) is 53.9 Å². The minimum atomic E-state index is -0.874. The number of aliphatic hydroxyl groups excluding tert-OH is 1. The molecular formula is C16H11F2NOS. The summed E-state index contributed by atoms with van der Waals surface area (Å²) in [5.41, 5.74) is 1.12. The smallest absolute Gasteiger partial charge is 0.132 e. The lowest BCUT2D eigenvalue weighted by molar-refractivity contribution is 0.220. The lowest BCUT2D eigenvalue weighted by Gasteiger charge is -2.07. The molecular weight excluding hydrogens is 292 g/mol. The minimum absolute atomic E-state index is 0.0951. The summed E-state index contributed by atoms with van der Waals surface area (Å²) in [7, 11) is 0. The van der Waals surface area contributed by atoms with Crippen LogP contribution in [0.5, 0.6) is 0 Å². The largest absolute Gasteiger partial charge is 0.381 e. The zero-order valence-corrected chi connectivity index (χ0v) is 11.6. The van der Waals surface area contributed by atoms with Gasteiger partial charge in [-0.15, -0.1) is 11.3 Å². The number of hydrogen-bond acceptors (Lipinski definition) is 3. The molecule has 21 heavy (non-hydrogen) atoms. The van der Waals surface area contributed by atoms with E-state index >= 15 is 0 Å². The normalized spacial score (nSPS) is 12.3. The molecule has 1 aromatic heterocycles. The first-order chi connectivity index (χ1) is 10.1. The van der Waals surface area contributed by atoms with Crippen LogP contribution in [0.4, 0.5) is 8.78 Å². The summed E-state index contributed by atoms with van der Waals surface area (Å²) in [5, 5.41) is 12.3. The fraction of sp³-hybridized carbons (Fsp3) is 0.0625. The molecule has 0 bridgehead atoms. The van der Waals surface area contributed by atoms with Crippen molar-refractivity contribution in [2.75, 3.05) is 0 Å². The zero-order chi connectivity index (χ0) is 14.8. The van der Waals surface area contributed by atoms with E-state index in [1.54, 1.807) is 17.5 Å². The third-order valence-corrected chi connectivity index (χ3v) is 3.97. The summed E-state index contributed by atoms with van der Waals surface area (Å²) < 4.78 is 26.9. The molecule has 0 aliphatic carbocycles. The molecule has 0 saturated heterocycles. The van der Waals surface area contributed by atoms with Gasteiger partial charge < -0.3 is 5.11 Å². The van der Waals surface area contributed by atoms with Crippen molar-refractivity contribution < 1.29 is 13.9 Å². The Labute approximate surface area is 124 Å². The van der Waals surface area contributed by atoms with Gasteiger partial charge in [0.1, 0.15) is 22.7 Å². The molecule has 2 nitrogen and oxygen atoms in total. The van der Waals surface area contributed by atoms with E-state index in [0.29, 0.717) is 16.3 Å². The van der Waals surface area contributed by atoms with Crippen LogP contribution < -0.4 is 0 Å². The molecule has 1 atom stereocenters. The van der Waals surface area contributed by atoms with Gasteiger partial charge >= 0.3 is 0 Å². The van der Waals surface area contributed by atoms with Gasteiger partial charge in [-0.1, -0.05) is 30.3 Å². The Morgan fingerprint density at radius 3 is 2.57 bits per heavy atom. The van der Waals surface area contributed by atoms with Crippen molar-refractivity contribution in [2.45, 2.75) is 6.10 Å². The number of benzene rings is 2. The van der Waals surface area contributed by atoms with E-state index in [-0.39, 0.29) is 5.56 Å². The summed E-state index contributed by atoms with van der Waals surface area (Å²) in [6.45, 7) is 0. The third-order valence-electron chi connectivity index (χ3n) is 3.08. The fourth-order valence-electron chi connectivity index (χ4n) is 2.01. The average molecular weight is 303 g/mol. The van der Waals surface area contributed by atoms with Crippen molar-refractivity contribution >= 4 is 11.3 Å². The Balaban J connectivity index is 1.95.